The molecule has 0 N–H and O–H groups in total. The molecule has 1 heterocycles. The minimum absolute atomic E-state index is 0.0917. The second-order valence-electron chi connectivity index (χ2n) is 16.8. The first kappa shape index (κ1) is 32.1. The third kappa shape index (κ3) is 4.86. The van der Waals surface area contributed by atoms with Gasteiger partial charge in [0.1, 0.15) is 0 Å². The molecule has 4 saturated carbocycles. The minimum atomic E-state index is 0.0917. The lowest BCUT2D eigenvalue weighted by atomic mass is 9.43. The van der Waals surface area contributed by atoms with Crippen molar-refractivity contribution in [1.82, 2.24) is 15.0 Å². The standard InChI is InChI=1S/C53H41N3/c1-3-10-35(11-4-1)37-18-20-39(21-19-37)50-54-51(41-16-9-15-40(31-41)36-12-5-2-6-13-36)56-52(55-50)42-23-24-47-46(32-42)49-45-17-8-7-14-38(45)22-25-48(49)53(47)43-27-33-26-34(29-43)30-44(53)28-33/h1-25,31-34,43-44H,26-30H2. The number of benzene rings is 7. The van der Waals surface area contributed by atoms with Gasteiger partial charge < -0.3 is 0 Å². The zero-order valence-electron chi connectivity index (χ0n) is 31.3. The van der Waals surface area contributed by atoms with E-state index in [4.69, 9.17) is 15.0 Å². The molecule has 0 aliphatic heterocycles. The van der Waals surface area contributed by atoms with Crippen LogP contribution in [-0.2, 0) is 5.41 Å². The fourth-order valence-electron chi connectivity index (χ4n) is 11.8. The Bertz CT molecular complexity index is 2780. The van der Waals surface area contributed by atoms with Gasteiger partial charge in [0, 0.05) is 22.1 Å². The molecule has 1 spiro atoms. The molecule has 56 heavy (non-hydrogen) atoms. The average Bonchev–Trinajstić information content (AvgIpc) is 3.56. The number of hydrogen-bond donors (Lipinski definition) is 0. The molecule has 7 aromatic carbocycles. The van der Waals surface area contributed by atoms with Gasteiger partial charge in [0.05, 0.1) is 0 Å². The molecule has 0 unspecified atom stereocenters. The highest BCUT2D eigenvalue weighted by Crippen LogP contribution is 2.70. The molecule has 3 nitrogen and oxygen atoms in total. The third-order valence-electron chi connectivity index (χ3n) is 13.9. The van der Waals surface area contributed by atoms with Crippen molar-refractivity contribution in [3.63, 3.8) is 0 Å². The van der Waals surface area contributed by atoms with Gasteiger partial charge >= 0.3 is 0 Å². The van der Waals surface area contributed by atoms with Crippen molar-refractivity contribution >= 4 is 10.8 Å². The summed E-state index contributed by atoms with van der Waals surface area (Å²) in [5, 5.41) is 2.67. The summed E-state index contributed by atoms with van der Waals surface area (Å²) in [6.07, 6.45) is 6.92. The summed E-state index contributed by atoms with van der Waals surface area (Å²) in [7, 11) is 0. The zero-order chi connectivity index (χ0) is 36.8. The monoisotopic (exact) mass is 719 g/mol. The molecular weight excluding hydrogens is 679 g/mol. The Hall–Kier alpha value is -6.19. The Kier molecular flexibility index (Phi) is 7.11. The molecule has 4 bridgehead atoms. The highest BCUT2D eigenvalue weighted by atomic mass is 15.0. The van der Waals surface area contributed by atoms with Crippen LogP contribution in [0.3, 0.4) is 0 Å². The summed E-state index contributed by atoms with van der Waals surface area (Å²) in [5.41, 5.74) is 13.7. The Balaban J connectivity index is 1.04. The van der Waals surface area contributed by atoms with Crippen LogP contribution in [0.1, 0.15) is 43.2 Å². The van der Waals surface area contributed by atoms with Gasteiger partial charge in [-0.3, -0.25) is 0 Å². The Morgan fingerprint density at radius 2 is 0.875 bits per heavy atom. The van der Waals surface area contributed by atoms with Crippen molar-refractivity contribution in [3.05, 3.63) is 175 Å². The van der Waals surface area contributed by atoms with Gasteiger partial charge in [0.2, 0.25) is 0 Å². The SMILES string of the molecule is c1ccc(-c2ccc(-c3nc(-c4cccc(-c5ccccc5)c4)nc(-c4ccc5c(c4)-c4c(ccc6ccccc46)C54C5CC6CC(C5)CC4C6)n3)cc2)cc1. The van der Waals surface area contributed by atoms with Crippen LogP contribution in [-0.4, -0.2) is 15.0 Å². The van der Waals surface area contributed by atoms with E-state index in [9.17, 15) is 0 Å². The lowest BCUT2D eigenvalue weighted by molar-refractivity contribution is -0.0399. The summed E-state index contributed by atoms with van der Waals surface area (Å²) in [5.74, 6) is 5.28. The number of fused-ring (bicyclic) bond motifs is 5. The highest BCUT2D eigenvalue weighted by molar-refractivity contribution is 6.03. The second kappa shape index (κ2) is 12.4. The summed E-state index contributed by atoms with van der Waals surface area (Å²) < 4.78 is 0. The van der Waals surface area contributed by atoms with E-state index in [1.165, 1.54) is 70.7 Å². The molecule has 13 rings (SSSR count). The molecule has 0 radical (unpaired) electrons. The fraction of sp³-hybridized carbons (Fsp3) is 0.189. The van der Waals surface area contributed by atoms with E-state index >= 15 is 0 Å². The first-order chi connectivity index (χ1) is 27.7. The number of aromatic nitrogens is 3. The van der Waals surface area contributed by atoms with E-state index in [-0.39, 0.29) is 5.41 Å². The fourth-order valence-corrected chi connectivity index (χ4v) is 11.8. The third-order valence-corrected chi connectivity index (χ3v) is 13.9. The van der Waals surface area contributed by atoms with Gasteiger partial charge in [0.25, 0.3) is 0 Å². The Labute approximate surface area is 328 Å². The van der Waals surface area contributed by atoms with Crippen molar-refractivity contribution in [2.45, 2.75) is 37.5 Å². The van der Waals surface area contributed by atoms with Crippen LogP contribution in [0.25, 0.3) is 78.3 Å². The predicted molar refractivity (Wildman–Crippen MR) is 228 cm³/mol. The molecule has 4 fully saturated rings. The molecule has 8 aromatic rings. The van der Waals surface area contributed by atoms with Gasteiger partial charge in [0.15, 0.2) is 17.5 Å². The molecular formula is C53H41N3. The van der Waals surface area contributed by atoms with E-state index in [2.05, 4.69) is 164 Å². The van der Waals surface area contributed by atoms with Crippen LogP contribution >= 0.6 is 0 Å². The van der Waals surface area contributed by atoms with Crippen molar-refractivity contribution < 1.29 is 0 Å². The largest absolute Gasteiger partial charge is 0.208 e. The quantitative estimate of drug-likeness (QED) is 0.178. The lowest BCUT2D eigenvalue weighted by Gasteiger charge is -2.61. The second-order valence-corrected chi connectivity index (χ2v) is 16.8. The normalized spacial score (nSPS) is 22.7. The van der Waals surface area contributed by atoms with Crippen molar-refractivity contribution in [2.75, 3.05) is 0 Å². The van der Waals surface area contributed by atoms with Gasteiger partial charge in [-0.25, -0.2) is 15.0 Å². The van der Waals surface area contributed by atoms with Crippen LogP contribution in [0.15, 0.2) is 164 Å². The molecule has 0 amide bonds. The average molecular weight is 720 g/mol. The van der Waals surface area contributed by atoms with Gasteiger partial charge in [-0.05, 0) is 123 Å². The first-order valence-corrected chi connectivity index (χ1v) is 20.4. The van der Waals surface area contributed by atoms with E-state index in [1.54, 1.807) is 11.1 Å². The molecule has 5 aliphatic rings. The van der Waals surface area contributed by atoms with E-state index < -0.39 is 0 Å². The Morgan fingerprint density at radius 1 is 0.375 bits per heavy atom. The van der Waals surface area contributed by atoms with E-state index in [0.717, 1.165) is 34.1 Å². The van der Waals surface area contributed by atoms with Crippen molar-refractivity contribution in [3.8, 4) is 67.5 Å². The summed E-state index contributed by atoms with van der Waals surface area (Å²) in [6, 6.07) is 59.4. The minimum Gasteiger partial charge on any atom is -0.208 e. The smallest absolute Gasteiger partial charge is 0.164 e. The lowest BCUT2D eigenvalue weighted by Crippen LogP contribution is -2.55. The van der Waals surface area contributed by atoms with Gasteiger partial charge in [-0.15, -0.1) is 0 Å². The zero-order valence-corrected chi connectivity index (χ0v) is 31.3. The van der Waals surface area contributed by atoms with Crippen LogP contribution in [0, 0.1) is 23.7 Å². The van der Waals surface area contributed by atoms with Crippen LogP contribution < -0.4 is 0 Å². The number of hydrogen-bond acceptors (Lipinski definition) is 3. The van der Waals surface area contributed by atoms with Crippen molar-refractivity contribution in [2.24, 2.45) is 23.7 Å². The molecule has 0 atom stereocenters. The topological polar surface area (TPSA) is 38.7 Å². The first-order valence-electron chi connectivity index (χ1n) is 20.4. The summed E-state index contributed by atoms with van der Waals surface area (Å²) in [4.78, 5) is 15.8. The van der Waals surface area contributed by atoms with Crippen LogP contribution in [0.2, 0.25) is 0 Å². The summed E-state index contributed by atoms with van der Waals surface area (Å²) in [6.45, 7) is 0. The van der Waals surface area contributed by atoms with Gasteiger partial charge in [-0.2, -0.15) is 0 Å². The maximum absolute atomic E-state index is 5.30. The summed E-state index contributed by atoms with van der Waals surface area (Å²) >= 11 is 0. The maximum Gasteiger partial charge on any atom is 0.164 e. The molecule has 3 heteroatoms. The van der Waals surface area contributed by atoms with E-state index in [1.807, 2.05) is 0 Å². The molecule has 1 aromatic heterocycles. The maximum atomic E-state index is 5.30. The predicted octanol–water partition coefficient (Wildman–Crippen LogP) is 13.1. The molecule has 0 saturated heterocycles. The van der Waals surface area contributed by atoms with E-state index in [0.29, 0.717) is 29.3 Å². The molecule has 268 valence electrons. The van der Waals surface area contributed by atoms with Gasteiger partial charge in [-0.1, -0.05) is 152 Å². The van der Waals surface area contributed by atoms with Crippen LogP contribution in [0.5, 0.6) is 0 Å². The van der Waals surface area contributed by atoms with Crippen LogP contribution in [0.4, 0.5) is 0 Å². The Morgan fingerprint density at radius 3 is 1.57 bits per heavy atom. The van der Waals surface area contributed by atoms with Crippen molar-refractivity contribution in [1.29, 1.82) is 0 Å². The number of nitrogens with zero attached hydrogens (tertiary/aromatic N) is 3. The molecule has 5 aliphatic carbocycles. The number of rotatable bonds is 5. The highest BCUT2D eigenvalue weighted by Gasteiger charge is 2.61.